The number of rotatable bonds is 6. The fraction of sp³-hybridized carbons (Fsp3) is 0.222. The number of anilines is 1. The molecule has 0 radical (unpaired) electrons. The van der Waals surface area contributed by atoms with Gasteiger partial charge in [0, 0.05) is 23.5 Å². The molecular weight excluding hydrogens is 374 g/mol. The molecule has 1 aliphatic heterocycles. The molecule has 1 aliphatic rings. The van der Waals surface area contributed by atoms with Crippen molar-refractivity contribution in [2.75, 3.05) is 11.6 Å². The van der Waals surface area contributed by atoms with Crippen molar-refractivity contribution in [2.24, 2.45) is 0 Å². The van der Waals surface area contributed by atoms with Crippen LogP contribution < -0.4 is 16.0 Å². The molecule has 0 amide bonds. The summed E-state index contributed by atoms with van der Waals surface area (Å²) in [6, 6.07) is 3.99. The fourth-order valence-corrected chi connectivity index (χ4v) is 3.35. The SMILES string of the molecule is OCCn1cc(-c2cnc3c(n2)N(Cc2ccn4ncc(CO)c4c2)N[NH2+]3)cn1. The molecule has 0 atom stereocenters. The Balaban J connectivity index is 1.42. The molecular formula is C18H20N9O2+. The Morgan fingerprint density at radius 2 is 2.07 bits per heavy atom. The number of fused-ring (bicyclic) bond motifs is 2. The van der Waals surface area contributed by atoms with Crippen molar-refractivity contribution in [1.82, 2.24) is 34.9 Å². The van der Waals surface area contributed by atoms with Crippen LogP contribution in [0.15, 0.2) is 43.1 Å². The molecule has 0 saturated heterocycles. The molecule has 0 spiro atoms. The third-order valence-electron chi connectivity index (χ3n) is 4.83. The minimum absolute atomic E-state index is 0.0309. The molecule has 5 heterocycles. The van der Waals surface area contributed by atoms with Crippen LogP contribution in [0.25, 0.3) is 16.8 Å². The first kappa shape index (κ1) is 17.7. The van der Waals surface area contributed by atoms with Crippen molar-refractivity contribution >= 4 is 17.2 Å². The maximum atomic E-state index is 9.48. The third-order valence-corrected chi connectivity index (χ3v) is 4.83. The molecule has 11 nitrogen and oxygen atoms in total. The number of nitrogens with one attached hydrogen (secondary N) is 1. The highest BCUT2D eigenvalue weighted by atomic mass is 16.3. The maximum absolute atomic E-state index is 9.48. The average molecular weight is 394 g/mol. The van der Waals surface area contributed by atoms with Gasteiger partial charge in [0.25, 0.3) is 5.82 Å². The van der Waals surface area contributed by atoms with Crippen LogP contribution in [0, 0.1) is 0 Å². The summed E-state index contributed by atoms with van der Waals surface area (Å²) >= 11 is 0. The number of aliphatic hydroxyl groups is 2. The van der Waals surface area contributed by atoms with Gasteiger partial charge in [0.2, 0.25) is 5.82 Å². The predicted molar refractivity (Wildman–Crippen MR) is 102 cm³/mol. The van der Waals surface area contributed by atoms with E-state index in [2.05, 4.69) is 20.7 Å². The van der Waals surface area contributed by atoms with Crippen LogP contribution in [-0.4, -0.2) is 46.2 Å². The molecule has 148 valence electrons. The van der Waals surface area contributed by atoms with Crippen LogP contribution in [0.1, 0.15) is 11.1 Å². The van der Waals surface area contributed by atoms with E-state index < -0.39 is 0 Å². The van der Waals surface area contributed by atoms with Gasteiger partial charge in [-0.2, -0.15) is 20.6 Å². The van der Waals surface area contributed by atoms with E-state index in [1.165, 1.54) is 0 Å². The van der Waals surface area contributed by atoms with E-state index in [0.717, 1.165) is 33.8 Å². The van der Waals surface area contributed by atoms with E-state index >= 15 is 0 Å². The molecule has 5 rings (SSSR count). The summed E-state index contributed by atoms with van der Waals surface area (Å²) in [5.41, 5.74) is 9.29. The first-order chi connectivity index (χ1) is 14.2. The molecule has 0 bridgehead atoms. The van der Waals surface area contributed by atoms with Gasteiger partial charge in [0.1, 0.15) is 0 Å². The Hall–Kier alpha value is -3.38. The van der Waals surface area contributed by atoms with E-state index in [-0.39, 0.29) is 13.2 Å². The standard InChI is InChI=1S/C18H19N9O2/c28-4-3-25-10-13(6-20-25)15-8-19-17-18(22-15)27(24-23-17)9-12-1-2-26-16(5-12)14(11-29)7-21-26/h1-2,5-8,10,24,28-29H,3-4,9,11H2,(H,19,23)/p+1. The first-order valence-electron chi connectivity index (χ1n) is 9.19. The van der Waals surface area contributed by atoms with E-state index in [0.29, 0.717) is 18.8 Å². The molecule has 0 fully saturated rings. The summed E-state index contributed by atoms with van der Waals surface area (Å²) in [4.78, 5) is 9.25. The number of nitrogens with zero attached hydrogens (tertiary/aromatic N) is 7. The molecule has 0 aromatic carbocycles. The molecule has 0 unspecified atom stereocenters. The molecule has 0 saturated carbocycles. The fourth-order valence-electron chi connectivity index (χ4n) is 3.35. The van der Waals surface area contributed by atoms with E-state index in [1.807, 2.05) is 35.0 Å². The summed E-state index contributed by atoms with van der Waals surface area (Å²) in [7, 11) is 0. The van der Waals surface area contributed by atoms with E-state index in [9.17, 15) is 5.11 Å². The third kappa shape index (κ3) is 3.21. The largest absolute Gasteiger partial charge is 0.394 e. The molecule has 5 N–H and O–H groups in total. The second-order valence-corrected chi connectivity index (χ2v) is 6.73. The average Bonchev–Trinajstić information content (AvgIpc) is 3.46. The molecule has 0 aliphatic carbocycles. The Bertz CT molecular complexity index is 1170. The lowest BCUT2D eigenvalue weighted by molar-refractivity contribution is -0.629. The maximum Gasteiger partial charge on any atom is 0.290 e. The smallest absolute Gasteiger partial charge is 0.290 e. The van der Waals surface area contributed by atoms with Crippen LogP contribution in [0.3, 0.4) is 0 Å². The van der Waals surface area contributed by atoms with Crippen LogP contribution in [0.5, 0.6) is 0 Å². The Morgan fingerprint density at radius 3 is 2.93 bits per heavy atom. The topological polar surface area (TPSA) is 133 Å². The minimum atomic E-state index is -0.0513. The van der Waals surface area contributed by atoms with Crippen molar-refractivity contribution in [2.45, 2.75) is 19.7 Å². The van der Waals surface area contributed by atoms with Crippen molar-refractivity contribution in [3.63, 3.8) is 0 Å². The summed E-state index contributed by atoms with van der Waals surface area (Å²) in [5.74, 6) is 1.49. The molecule has 4 aromatic rings. The molecule has 4 aromatic heterocycles. The summed E-state index contributed by atoms with van der Waals surface area (Å²) < 4.78 is 3.42. The summed E-state index contributed by atoms with van der Waals surface area (Å²) in [6.07, 6.45) is 8.82. The molecule has 29 heavy (non-hydrogen) atoms. The zero-order chi connectivity index (χ0) is 19.8. The lowest BCUT2D eigenvalue weighted by Gasteiger charge is -2.14. The quantitative estimate of drug-likeness (QED) is 0.310. The molecule has 11 heteroatoms. The second-order valence-electron chi connectivity index (χ2n) is 6.73. The number of quaternary nitrogens is 1. The Morgan fingerprint density at radius 1 is 1.14 bits per heavy atom. The highest BCUT2D eigenvalue weighted by Gasteiger charge is 2.27. The van der Waals surface area contributed by atoms with Gasteiger partial charge in [-0.25, -0.2) is 14.5 Å². The van der Waals surface area contributed by atoms with Gasteiger partial charge in [0.05, 0.1) is 56.1 Å². The van der Waals surface area contributed by atoms with Crippen molar-refractivity contribution in [1.29, 1.82) is 0 Å². The number of aliphatic hydroxyl groups excluding tert-OH is 2. The van der Waals surface area contributed by atoms with Gasteiger partial charge in [-0.3, -0.25) is 4.68 Å². The highest BCUT2D eigenvalue weighted by Crippen LogP contribution is 2.25. The zero-order valence-corrected chi connectivity index (χ0v) is 15.5. The van der Waals surface area contributed by atoms with E-state index in [4.69, 9.17) is 10.1 Å². The first-order valence-corrected chi connectivity index (χ1v) is 9.19. The zero-order valence-electron chi connectivity index (χ0n) is 15.5. The Labute approximate surface area is 165 Å². The number of nitrogens with two attached hydrogens (primary N) is 1. The number of pyridine rings is 1. The number of aromatic nitrogens is 6. The van der Waals surface area contributed by atoms with Crippen LogP contribution in [-0.2, 0) is 19.7 Å². The van der Waals surface area contributed by atoms with Crippen molar-refractivity contribution < 1.29 is 15.6 Å². The van der Waals surface area contributed by atoms with Gasteiger partial charge < -0.3 is 10.2 Å². The monoisotopic (exact) mass is 394 g/mol. The second kappa shape index (κ2) is 7.22. The lowest BCUT2D eigenvalue weighted by Crippen LogP contribution is -2.88. The van der Waals surface area contributed by atoms with Crippen LogP contribution in [0.4, 0.5) is 11.6 Å². The number of hydrogen-bond donors (Lipinski definition) is 4. The van der Waals surface area contributed by atoms with Crippen molar-refractivity contribution in [3.8, 4) is 11.3 Å². The summed E-state index contributed by atoms with van der Waals surface area (Å²) in [6.45, 7) is 0.984. The number of hydrazine groups is 1. The van der Waals surface area contributed by atoms with Gasteiger partial charge in [0.15, 0.2) is 0 Å². The van der Waals surface area contributed by atoms with Crippen molar-refractivity contribution in [3.05, 3.63) is 54.2 Å². The van der Waals surface area contributed by atoms with Crippen LogP contribution in [0.2, 0.25) is 0 Å². The summed E-state index contributed by atoms with van der Waals surface area (Å²) in [5, 5.41) is 28.9. The van der Waals surface area contributed by atoms with E-state index in [1.54, 1.807) is 27.8 Å². The normalized spacial score (nSPS) is 13.4. The Kier molecular flexibility index (Phi) is 4.41. The van der Waals surface area contributed by atoms with Gasteiger partial charge >= 0.3 is 0 Å². The van der Waals surface area contributed by atoms with Gasteiger partial charge in [-0.1, -0.05) is 5.53 Å². The van der Waals surface area contributed by atoms with Crippen LogP contribution >= 0.6 is 0 Å². The van der Waals surface area contributed by atoms with Gasteiger partial charge in [-0.05, 0) is 17.7 Å². The minimum Gasteiger partial charge on any atom is -0.394 e. The number of hydrogen-bond acceptors (Lipinski definition) is 8. The van der Waals surface area contributed by atoms with Gasteiger partial charge in [-0.15, -0.1) is 0 Å². The predicted octanol–water partition coefficient (Wildman–Crippen LogP) is -0.893. The highest BCUT2D eigenvalue weighted by molar-refractivity contribution is 5.63. The lowest BCUT2D eigenvalue weighted by atomic mass is 10.2.